The highest BCUT2D eigenvalue weighted by molar-refractivity contribution is 5.75. The van der Waals surface area contributed by atoms with Gasteiger partial charge in [0.25, 0.3) is 0 Å². The predicted octanol–water partition coefficient (Wildman–Crippen LogP) is 2.13. The molecule has 1 atom stereocenters. The molecular weight excluding hydrogens is 270 g/mol. The van der Waals surface area contributed by atoms with E-state index in [0.29, 0.717) is 12.1 Å². The molecule has 0 unspecified atom stereocenters. The van der Waals surface area contributed by atoms with Crippen molar-refractivity contribution >= 4 is 12.0 Å². The first-order valence-electron chi connectivity index (χ1n) is 7.74. The average Bonchev–Trinajstić information content (AvgIpc) is 2.39. The molecule has 21 heavy (non-hydrogen) atoms. The number of aliphatic carboxylic acids is 1. The van der Waals surface area contributed by atoms with E-state index in [4.69, 9.17) is 10.8 Å². The zero-order valence-corrected chi connectivity index (χ0v) is 14.0. The molecule has 1 saturated heterocycles. The van der Waals surface area contributed by atoms with Crippen LogP contribution in [0.15, 0.2) is 0 Å². The highest BCUT2D eigenvalue weighted by atomic mass is 16.4. The third kappa shape index (κ3) is 7.32. The van der Waals surface area contributed by atoms with E-state index in [2.05, 4.69) is 27.7 Å². The minimum Gasteiger partial charge on any atom is -0.480 e. The van der Waals surface area contributed by atoms with Gasteiger partial charge in [-0.05, 0) is 53.9 Å². The zero-order chi connectivity index (χ0) is 16.6. The Morgan fingerprint density at radius 2 is 1.38 bits per heavy atom. The third-order valence-electron chi connectivity index (χ3n) is 3.35. The average molecular weight is 301 g/mol. The lowest BCUT2D eigenvalue weighted by atomic mass is 10.1. The number of carboxylic acid groups (broad SMARTS) is 1. The Morgan fingerprint density at radius 3 is 1.67 bits per heavy atom. The minimum atomic E-state index is -0.963. The summed E-state index contributed by atoms with van der Waals surface area (Å²) in [5, 5.41) is 7.87. The standard InChI is InChI=1S/C12H24N2O.C3H7NO2/c1-10(2)14(11(3)4)12(15)13-8-6-5-7-9-13;1-2(4)3(5)6/h10-11H,5-9H2,1-4H3;2H,4H2,1H3,(H,5,6)/t;2-/m.0/s1. The van der Waals surface area contributed by atoms with Crippen molar-refractivity contribution in [3.05, 3.63) is 0 Å². The minimum absolute atomic E-state index is 0.222. The smallest absolute Gasteiger partial charge is 0.320 e. The van der Waals surface area contributed by atoms with Crippen LogP contribution in [0, 0.1) is 0 Å². The number of carbonyl (C=O) groups is 2. The van der Waals surface area contributed by atoms with Crippen LogP contribution in [-0.2, 0) is 4.79 Å². The number of hydrogen-bond acceptors (Lipinski definition) is 3. The van der Waals surface area contributed by atoms with Gasteiger partial charge in [0.2, 0.25) is 0 Å². The molecule has 1 aliphatic rings. The van der Waals surface area contributed by atoms with Crippen LogP contribution in [0.3, 0.4) is 0 Å². The number of urea groups is 1. The molecule has 1 heterocycles. The SMILES string of the molecule is CC(C)N(C(=O)N1CCCCC1)C(C)C.C[C@H](N)C(=O)O. The van der Waals surface area contributed by atoms with Crippen LogP contribution in [0.5, 0.6) is 0 Å². The fraction of sp³-hybridized carbons (Fsp3) is 0.867. The van der Waals surface area contributed by atoms with E-state index < -0.39 is 12.0 Å². The molecule has 1 fully saturated rings. The Bertz CT molecular complexity index is 316. The van der Waals surface area contributed by atoms with Crippen LogP contribution in [0.25, 0.3) is 0 Å². The van der Waals surface area contributed by atoms with E-state index in [1.165, 1.54) is 13.3 Å². The fourth-order valence-electron chi connectivity index (χ4n) is 2.29. The molecule has 6 heteroatoms. The van der Waals surface area contributed by atoms with Crippen molar-refractivity contribution in [2.45, 2.75) is 72.0 Å². The van der Waals surface area contributed by atoms with E-state index in [1.807, 2.05) is 9.80 Å². The van der Waals surface area contributed by atoms with Gasteiger partial charge in [0.15, 0.2) is 0 Å². The maximum atomic E-state index is 12.2. The lowest BCUT2D eigenvalue weighted by molar-refractivity contribution is -0.138. The number of nitrogens with two attached hydrogens (primary N) is 1. The van der Waals surface area contributed by atoms with Crippen LogP contribution in [-0.4, -0.2) is 58.1 Å². The van der Waals surface area contributed by atoms with E-state index in [9.17, 15) is 9.59 Å². The lowest BCUT2D eigenvalue weighted by Gasteiger charge is -2.37. The van der Waals surface area contributed by atoms with Gasteiger partial charge in [-0.25, -0.2) is 4.79 Å². The Morgan fingerprint density at radius 1 is 1.00 bits per heavy atom. The normalized spacial score (nSPS) is 16.3. The summed E-state index contributed by atoms with van der Waals surface area (Å²) < 4.78 is 0. The van der Waals surface area contributed by atoms with E-state index >= 15 is 0 Å². The van der Waals surface area contributed by atoms with Gasteiger partial charge in [0.05, 0.1) is 0 Å². The summed E-state index contributed by atoms with van der Waals surface area (Å²) in [7, 11) is 0. The van der Waals surface area contributed by atoms with Crippen molar-refractivity contribution in [1.29, 1.82) is 0 Å². The number of piperidine rings is 1. The molecule has 1 aliphatic heterocycles. The quantitative estimate of drug-likeness (QED) is 0.836. The molecule has 6 nitrogen and oxygen atoms in total. The predicted molar refractivity (Wildman–Crippen MR) is 84.2 cm³/mol. The summed E-state index contributed by atoms with van der Waals surface area (Å²) in [6, 6.07) is 0.0727. The Labute approximate surface area is 128 Å². The first-order valence-corrected chi connectivity index (χ1v) is 7.74. The number of hydrogen-bond donors (Lipinski definition) is 2. The molecule has 0 aromatic carbocycles. The van der Waals surface area contributed by atoms with E-state index in [-0.39, 0.29) is 6.03 Å². The molecular formula is C15H31N3O3. The molecule has 0 aromatic heterocycles. The van der Waals surface area contributed by atoms with Gasteiger partial charge in [-0.15, -0.1) is 0 Å². The number of nitrogens with zero attached hydrogens (tertiary/aromatic N) is 2. The van der Waals surface area contributed by atoms with Crippen molar-refractivity contribution in [2.75, 3.05) is 13.1 Å². The summed E-state index contributed by atoms with van der Waals surface area (Å²) in [4.78, 5) is 25.8. The van der Waals surface area contributed by atoms with Gasteiger partial charge in [-0.2, -0.15) is 0 Å². The molecule has 2 amide bonds. The Kier molecular flexibility index (Phi) is 9.01. The lowest BCUT2D eigenvalue weighted by Crippen LogP contribution is -2.50. The summed E-state index contributed by atoms with van der Waals surface area (Å²) in [6.07, 6.45) is 3.60. The maximum absolute atomic E-state index is 12.2. The van der Waals surface area contributed by atoms with Gasteiger partial charge >= 0.3 is 12.0 Å². The van der Waals surface area contributed by atoms with Gasteiger partial charge < -0.3 is 20.6 Å². The van der Waals surface area contributed by atoms with Gasteiger partial charge in [0.1, 0.15) is 6.04 Å². The highest BCUT2D eigenvalue weighted by Gasteiger charge is 2.26. The van der Waals surface area contributed by atoms with E-state index in [1.54, 1.807) is 0 Å². The summed E-state index contributed by atoms with van der Waals surface area (Å²) >= 11 is 0. The first-order chi connectivity index (χ1) is 9.68. The molecule has 124 valence electrons. The van der Waals surface area contributed by atoms with Crippen LogP contribution in [0.1, 0.15) is 53.9 Å². The van der Waals surface area contributed by atoms with E-state index in [0.717, 1.165) is 25.9 Å². The Hall–Kier alpha value is -1.30. The van der Waals surface area contributed by atoms with Gasteiger partial charge in [-0.1, -0.05) is 0 Å². The van der Waals surface area contributed by atoms with Crippen molar-refractivity contribution < 1.29 is 14.7 Å². The highest BCUT2D eigenvalue weighted by Crippen LogP contribution is 2.14. The van der Waals surface area contributed by atoms with Crippen LogP contribution < -0.4 is 5.73 Å². The molecule has 0 bridgehead atoms. The fourth-order valence-corrected chi connectivity index (χ4v) is 2.29. The van der Waals surface area contributed by atoms with Crippen LogP contribution >= 0.6 is 0 Å². The number of carbonyl (C=O) groups excluding carboxylic acids is 1. The maximum Gasteiger partial charge on any atom is 0.320 e. The van der Waals surface area contributed by atoms with Gasteiger partial charge in [0, 0.05) is 25.2 Å². The summed E-state index contributed by atoms with van der Waals surface area (Å²) in [6.45, 7) is 11.6. The zero-order valence-electron chi connectivity index (χ0n) is 14.0. The van der Waals surface area contributed by atoms with Crippen molar-refractivity contribution in [1.82, 2.24) is 9.80 Å². The molecule has 3 N–H and O–H groups in total. The molecule has 0 saturated carbocycles. The second kappa shape index (κ2) is 9.60. The monoisotopic (exact) mass is 301 g/mol. The first kappa shape index (κ1) is 19.7. The largest absolute Gasteiger partial charge is 0.480 e. The molecule has 0 aliphatic carbocycles. The van der Waals surface area contributed by atoms with Gasteiger partial charge in [-0.3, -0.25) is 4.79 Å². The molecule has 1 rings (SSSR count). The summed E-state index contributed by atoms with van der Waals surface area (Å²) in [5.41, 5.74) is 4.84. The third-order valence-corrected chi connectivity index (χ3v) is 3.35. The summed E-state index contributed by atoms with van der Waals surface area (Å²) in [5.74, 6) is -0.963. The Balaban J connectivity index is 0.000000567. The van der Waals surface area contributed by atoms with Crippen LogP contribution in [0.2, 0.25) is 0 Å². The second-order valence-corrected chi connectivity index (χ2v) is 6.05. The van der Waals surface area contributed by atoms with Crippen molar-refractivity contribution in [2.24, 2.45) is 5.73 Å². The number of likely N-dealkylation sites (tertiary alicyclic amines) is 1. The van der Waals surface area contributed by atoms with Crippen molar-refractivity contribution in [3.8, 4) is 0 Å². The molecule has 0 spiro atoms. The number of carboxylic acids is 1. The number of rotatable bonds is 3. The topological polar surface area (TPSA) is 86.9 Å². The van der Waals surface area contributed by atoms with Crippen molar-refractivity contribution in [3.63, 3.8) is 0 Å². The number of amides is 2. The molecule has 0 radical (unpaired) electrons. The van der Waals surface area contributed by atoms with Crippen LogP contribution in [0.4, 0.5) is 4.79 Å². The molecule has 0 aromatic rings. The second-order valence-electron chi connectivity index (χ2n) is 6.05.